The van der Waals surface area contributed by atoms with Crippen LogP contribution in [0.4, 0.5) is 0 Å². The third-order valence-corrected chi connectivity index (χ3v) is 1.83. The average Bonchev–Trinajstić information content (AvgIpc) is 1.86. The minimum atomic E-state index is -0.936. The first kappa shape index (κ1) is 8.96. The van der Waals surface area contributed by atoms with E-state index in [1.165, 1.54) is 0 Å². The summed E-state index contributed by atoms with van der Waals surface area (Å²) in [7, 11) is 0. The largest absolute Gasteiger partial charge is 0.481 e. The van der Waals surface area contributed by atoms with E-state index in [1.807, 2.05) is 6.07 Å². The van der Waals surface area contributed by atoms with Crippen molar-refractivity contribution in [2.24, 2.45) is 11.3 Å². The zero-order valence-corrected chi connectivity index (χ0v) is 6.38. The smallest absolute Gasteiger partial charge is 0.310 e. The molecule has 0 aliphatic carbocycles. The Labute approximate surface area is 60.3 Å². The molecule has 0 heterocycles. The number of carboxylic acid groups (broad SMARTS) is 1. The summed E-state index contributed by atoms with van der Waals surface area (Å²) in [5.74, 6) is -1.38. The Morgan fingerprint density at radius 3 is 2.20 bits per heavy atom. The van der Waals surface area contributed by atoms with Gasteiger partial charge in [-0.1, -0.05) is 0 Å². The third kappa shape index (κ3) is 1.47. The first-order chi connectivity index (χ1) is 4.42. The first-order valence-corrected chi connectivity index (χ1v) is 3.06. The molecule has 0 radical (unpaired) electrons. The van der Waals surface area contributed by atoms with E-state index < -0.39 is 17.3 Å². The van der Waals surface area contributed by atoms with Crippen LogP contribution in [0.2, 0.25) is 0 Å². The summed E-state index contributed by atoms with van der Waals surface area (Å²) in [6, 6.07) is 1.91. The molecular weight excluding hydrogens is 130 g/mol. The predicted octanol–water partition coefficient (Wildman–Crippen LogP) is 1.26. The molecule has 1 unspecified atom stereocenters. The highest BCUT2D eigenvalue weighted by Crippen LogP contribution is 2.25. The summed E-state index contributed by atoms with van der Waals surface area (Å²) < 4.78 is 0. The first-order valence-electron chi connectivity index (χ1n) is 3.06. The monoisotopic (exact) mass is 141 g/mol. The number of hydrogen-bond donors (Lipinski definition) is 1. The average molecular weight is 141 g/mol. The van der Waals surface area contributed by atoms with Crippen LogP contribution in [0.3, 0.4) is 0 Å². The Bertz CT molecular complexity index is 179. The van der Waals surface area contributed by atoms with Crippen LogP contribution in [0.5, 0.6) is 0 Å². The molecule has 0 saturated heterocycles. The molecule has 0 aromatic rings. The second kappa shape index (κ2) is 2.70. The lowest BCUT2D eigenvalue weighted by Gasteiger charge is -2.20. The fourth-order valence-corrected chi connectivity index (χ4v) is 0.347. The number of nitriles is 1. The summed E-state index contributed by atoms with van der Waals surface area (Å²) in [4.78, 5) is 10.5. The third-order valence-electron chi connectivity index (χ3n) is 1.83. The number of carboxylic acids is 1. The molecule has 1 atom stereocenters. The van der Waals surface area contributed by atoms with E-state index in [-0.39, 0.29) is 0 Å². The molecule has 0 rings (SSSR count). The highest BCUT2D eigenvalue weighted by atomic mass is 16.4. The SMILES string of the molecule is CC(C#N)C(C)(C)C(=O)O. The summed E-state index contributed by atoms with van der Waals surface area (Å²) in [6.07, 6.45) is 0. The van der Waals surface area contributed by atoms with Gasteiger partial charge in [0.1, 0.15) is 0 Å². The van der Waals surface area contributed by atoms with Crippen LogP contribution in [0, 0.1) is 22.7 Å². The second-order valence-corrected chi connectivity index (χ2v) is 2.88. The fraction of sp³-hybridized carbons (Fsp3) is 0.714. The lowest BCUT2D eigenvalue weighted by molar-refractivity contribution is -0.148. The van der Waals surface area contributed by atoms with Gasteiger partial charge in [0, 0.05) is 0 Å². The van der Waals surface area contributed by atoms with Crippen molar-refractivity contribution >= 4 is 5.97 Å². The molecule has 3 heteroatoms. The van der Waals surface area contributed by atoms with Crippen molar-refractivity contribution in [2.75, 3.05) is 0 Å². The summed E-state index contributed by atoms with van der Waals surface area (Å²) in [6.45, 7) is 4.70. The lowest BCUT2D eigenvalue weighted by atomic mass is 9.81. The van der Waals surface area contributed by atoms with Gasteiger partial charge in [-0.2, -0.15) is 5.26 Å². The standard InChI is InChI=1S/C7H11NO2/c1-5(4-8)7(2,3)6(9)10/h5H,1-3H3,(H,9,10). The van der Waals surface area contributed by atoms with Crippen molar-refractivity contribution in [3.63, 3.8) is 0 Å². The van der Waals surface area contributed by atoms with Gasteiger partial charge < -0.3 is 5.11 Å². The normalized spacial score (nSPS) is 13.8. The number of aliphatic carboxylic acids is 1. The van der Waals surface area contributed by atoms with Crippen molar-refractivity contribution in [1.82, 2.24) is 0 Å². The van der Waals surface area contributed by atoms with Gasteiger partial charge in [0.2, 0.25) is 0 Å². The Morgan fingerprint density at radius 1 is 1.70 bits per heavy atom. The molecule has 0 aromatic heterocycles. The van der Waals surface area contributed by atoms with Crippen molar-refractivity contribution in [1.29, 1.82) is 5.26 Å². The quantitative estimate of drug-likeness (QED) is 0.629. The van der Waals surface area contributed by atoms with Gasteiger partial charge in [-0.25, -0.2) is 0 Å². The molecule has 0 spiro atoms. The Morgan fingerprint density at radius 2 is 2.10 bits per heavy atom. The molecule has 0 saturated carbocycles. The number of carbonyl (C=O) groups is 1. The molecule has 0 amide bonds. The van der Waals surface area contributed by atoms with Crippen LogP contribution in [-0.2, 0) is 4.79 Å². The minimum Gasteiger partial charge on any atom is -0.481 e. The molecule has 0 aliphatic rings. The van der Waals surface area contributed by atoms with E-state index in [0.29, 0.717) is 0 Å². The van der Waals surface area contributed by atoms with Gasteiger partial charge in [-0.05, 0) is 20.8 Å². The van der Waals surface area contributed by atoms with E-state index in [0.717, 1.165) is 0 Å². The molecule has 0 bridgehead atoms. The van der Waals surface area contributed by atoms with Gasteiger partial charge in [0.15, 0.2) is 0 Å². The van der Waals surface area contributed by atoms with Gasteiger partial charge in [0.05, 0.1) is 17.4 Å². The van der Waals surface area contributed by atoms with Gasteiger partial charge in [0.25, 0.3) is 0 Å². The highest BCUT2D eigenvalue weighted by Gasteiger charge is 2.33. The Kier molecular flexibility index (Phi) is 2.42. The van der Waals surface area contributed by atoms with Crippen LogP contribution in [0.1, 0.15) is 20.8 Å². The maximum absolute atomic E-state index is 10.5. The summed E-state index contributed by atoms with van der Waals surface area (Å²) in [5, 5.41) is 17.0. The zero-order chi connectivity index (χ0) is 8.36. The molecular formula is C7H11NO2. The van der Waals surface area contributed by atoms with Gasteiger partial charge in [-0.15, -0.1) is 0 Å². The van der Waals surface area contributed by atoms with E-state index in [9.17, 15) is 4.79 Å². The molecule has 3 nitrogen and oxygen atoms in total. The van der Waals surface area contributed by atoms with E-state index in [4.69, 9.17) is 10.4 Å². The van der Waals surface area contributed by atoms with Gasteiger partial charge in [-0.3, -0.25) is 4.79 Å². The topological polar surface area (TPSA) is 61.1 Å². The van der Waals surface area contributed by atoms with Crippen molar-refractivity contribution in [3.8, 4) is 6.07 Å². The molecule has 1 N–H and O–H groups in total. The van der Waals surface area contributed by atoms with E-state index in [1.54, 1.807) is 20.8 Å². The van der Waals surface area contributed by atoms with Crippen molar-refractivity contribution in [2.45, 2.75) is 20.8 Å². The fourth-order valence-electron chi connectivity index (χ4n) is 0.347. The van der Waals surface area contributed by atoms with Gasteiger partial charge >= 0.3 is 5.97 Å². The van der Waals surface area contributed by atoms with E-state index in [2.05, 4.69) is 0 Å². The zero-order valence-electron chi connectivity index (χ0n) is 6.38. The molecule has 0 fully saturated rings. The highest BCUT2D eigenvalue weighted by molar-refractivity contribution is 5.74. The minimum absolute atomic E-state index is 0.454. The molecule has 0 aromatic carbocycles. The molecule has 56 valence electrons. The Hall–Kier alpha value is -1.04. The molecule has 10 heavy (non-hydrogen) atoms. The number of hydrogen-bond acceptors (Lipinski definition) is 2. The number of rotatable bonds is 2. The summed E-state index contributed by atoms with van der Waals surface area (Å²) >= 11 is 0. The lowest BCUT2D eigenvalue weighted by Crippen LogP contribution is -2.30. The van der Waals surface area contributed by atoms with E-state index >= 15 is 0 Å². The second-order valence-electron chi connectivity index (χ2n) is 2.88. The summed E-state index contributed by atoms with van der Waals surface area (Å²) in [5.41, 5.74) is -0.936. The molecule has 0 aliphatic heterocycles. The maximum atomic E-state index is 10.5. The van der Waals surface area contributed by atoms with Crippen molar-refractivity contribution in [3.05, 3.63) is 0 Å². The maximum Gasteiger partial charge on any atom is 0.310 e. The van der Waals surface area contributed by atoms with Crippen LogP contribution >= 0.6 is 0 Å². The van der Waals surface area contributed by atoms with Crippen LogP contribution < -0.4 is 0 Å². The number of nitrogens with zero attached hydrogens (tertiary/aromatic N) is 1. The van der Waals surface area contributed by atoms with Crippen LogP contribution in [-0.4, -0.2) is 11.1 Å². The van der Waals surface area contributed by atoms with Crippen LogP contribution in [0.15, 0.2) is 0 Å². The Balaban J connectivity index is 4.43. The predicted molar refractivity (Wildman–Crippen MR) is 36.2 cm³/mol. The van der Waals surface area contributed by atoms with Crippen molar-refractivity contribution < 1.29 is 9.90 Å². The van der Waals surface area contributed by atoms with Crippen LogP contribution in [0.25, 0.3) is 0 Å².